The Labute approximate surface area is 214 Å². The Hall–Kier alpha value is -2.13. The van der Waals surface area contributed by atoms with E-state index in [0.29, 0.717) is 0 Å². The average molecular weight is 542 g/mol. The normalized spacial score (nSPS) is 14.1. The van der Waals surface area contributed by atoms with Gasteiger partial charge >= 0.3 is 0 Å². The summed E-state index contributed by atoms with van der Waals surface area (Å²) >= 11 is 16.5. The van der Waals surface area contributed by atoms with Crippen molar-refractivity contribution in [2.75, 3.05) is 31.2 Å². The zero-order valence-corrected chi connectivity index (χ0v) is 21.4. The van der Waals surface area contributed by atoms with E-state index in [2.05, 4.69) is 65.8 Å². The number of morpholine rings is 1. The van der Waals surface area contributed by atoms with E-state index in [4.69, 9.17) is 39.5 Å². The third-order valence-corrected chi connectivity index (χ3v) is 7.01. The Morgan fingerprint density at radius 2 is 1.41 bits per heavy atom. The van der Waals surface area contributed by atoms with Crippen LogP contribution < -0.4 is 9.47 Å². The molecule has 34 heavy (non-hydrogen) atoms. The summed E-state index contributed by atoms with van der Waals surface area (Å²) in [6.07, 6.45) is 8.41. The average Bonchev–Trinajstić information content (AvgIpc) is 2.82. The molecule has 1 aliphatic rings. The highest BCUT2D eigenvalue weighted by molar-refractivity contribution is 7.85. The maximum absolute atomic E-state index is 10.6. The molecule has 2 heterocycles. The third-order valence-electron chi connectivity index (χ3n) is 4.99. The second-order valence-corrected chi connectivity index (χ2v) is 10.0. The molecular formula is C24H23Cl3N2O4S. The molecule has 0 unspecified atom stereocenters. The molecular weight excluding hydrogens is 519 g/mol. The van der Waals surface area contributed by atoms with Crippen molar-refractivity contribution in [3.8, 4) is 0 Å². The molecule has 180 valence electrons. The number of ether oxygens (including phenoxy) is 1. The predicted molar refractivity (Wildman–Crippen MR) is 135 cm³/mol. The SMILES string of the molecule is C[n+]1ccc(/C=C/c2ccc(N3CCOCC3)cc2)cc1.O=S(=O)([O-])c1cc(Cl)c(Cl)cc1Cl. The summed E-state index contributed by atoms with van der Waals surface area (Å²) in [7, 11) is -2.57. The molecule has 0 bridgehead atoms. The van der Waals surface area contributed by atoms with E-state index < -0.39 is 15.0 Å². The van der Waals surface area contributed by atoms with Gasteiger partial charge in [-0.25, -0.2) is 13.0 Å². The lowest BCUT2D eigenvalue weighted by Gasteiger charge is -2.28. The molecule has 1 aromatic heterocycles. The minimum absolute atomic E-state index is 0.0273. The second kappa shape index (κ2) is 12.0. The molecule has 1 aliphatic heterocycles. The van der Waals surface area contributed by atoms with E-state index in [1.165, 1.54) is 16.8 Å². The molecule has 0 saturated carbocycles. The number of nitrogens with zero attached hydrogens (tertiary/aromatic N) is 2. The van der Waals surface area contributed by atoms with Crippen LogP contribution in [-0.4, -0.2) is 39.3 Å². The van der Waals surface area contributed by atoms with Gasteiger partial charge in [0, 0.05) is 30.9 Å². The number of benzene rings is 2. The molecule has 10 heteroatoms. The number of pyridine rings is 1. The summed E-state index contributed by atoms with van der Waals surface area (Å²) in [6, 6.07) is 15.0. The van der Waals surface area contributed by atoms with Gasteiger partial charge in [0.2, 0.25) is 0 Å². The van der Waals surface area contributed by atoms with Gasteiger partial charge in [0.25, 0.3) is 0 Å². The fourth-order valence-corrected chi connectivity index (χ4v) is 4.58. The first-order valence-electron chi connectivity index (χ1n) is 10.3. The van der Waals surface area contributed by atoms with E-state index in [1.54, 1.807) is 0 Å². The van der Waals surface area contributed by atoms with E-state index in [1.807, 2.05) is 11.6 Å². The van der Waals surface area contributed by atoms with Crippen molar-refractivity contribution >= 4 is 62.8 Å². The largest absolute Gasteiger partial charge is 0.744 e. The van der Waals surface area contributed by atoms with E-state index >= 15 is 0 Å². The zero-order chi connectivity index (χ0) is 24.7. The van der Waals surface area contributed by atoms with Crippen molar-refractivity contribution in [2.24, 2.45) is 7.05 Å². The number of aryl methyl sites for hydroxylation is 1. The second-order valence-electron chi connectivity index (χ2n) is 7.47. The van der Waals surface area contributed by atoms with E-state index in [9.17, 15) is 13.0 Å². The fraction of sp³-hybridized carbons (Fsp3) is 0.208. The summed E-state index contributed by atoms with van der Waals surface area (Å²) in [5.41, 5.74) is 3.72. The van der Waals surface area contributed by atoms with Crippen LogP contribution in [0.1, 0.15) is 11.1 Å². The standard InChI is InChI=1S/C18H21N2O.C6H3Cl3O3S/c1-19-10-8-17(9-11-19)3-2-16-4-6-18(7-5-16)20-12-14-21-15-13-20;7-3-1-5(9)6(2-4(3)8)13(10,11)12/h2-11H,12-15H2,1H3;1-2H,(H,10,11,12)/q+1;/p-1. The summed E-state index contributed by atoms with van der Waals surface area (Å²) < 4.78 is 39.1. The number of hydrogen-bond donors (Lipinski definition) is 0. The van der Waals surface area contributed by atoms with Crippen LogP contribution in [0.5, 0.6) is 0 Å². The number of hydrogen-bond acceptors (Lipinski definition) is 5. The van der Waals surface area contributed by atoms with Crippen LogP contribution in [0.3, 0.4) is 0 Å². The maximum atomic E-state index is 10.6. The van der Waals surface area contributed by atoms with E-state index in [0.717, 1.165) is 38.4 Å². The molecule has 0 radical (unpaired) electrons. The topological polar surface area (TPSA) is 73.5 Å². The molecule has 1 saturated heterocycles. The van der Waals surface area contributed by atoms with Crippen molar-refractivity contribution < 1.29 is 22.3 Å². The van der Waals surface area contributed by atoms with Gasteiger partial charge in [-0.2, -0.15) is 0 Å². The maximum Gasteiger partial charge on any atom is 0.169 e. The number of halogens is 3. The van der Waals surface area contributed by atoms with Crippen LogP contribution in [0.25, 0.3) is 12.2 Å². The Morgan fingerprint density at radius 3 is 1.97 bits per heavy atom. The highest BCUT2D eigenvalue weighted by Crippen LogP contribution is 2.31. The first-order chi connectivity index (χ1) is 16.1. The highest BCUT2D eigenvalue weighted by atomic mass is 35.5. The van der Waals surface area contributed by atoms with Gasteiger partial charge in [0.05, 0.1) is 33.2 Å². The van der Waals surface area contributed by atoms with Gasteiger partial charge in [0.1, 0.15) is 17.2 Å². The molecule has 0 amide bonds. The minimum atomic E-state index is -4.60. The molecule has 4 rings (SSSR count). The Bertz CT molecular complexity index is 1240. The molecule has 1 fully saturated rings. The molecule has 6 nitrogen and oxygen atoms in total. The molecule has 0 atom stereocenters. The van der Waals surface area contributed by atoms with Crippen molar-refractivity contribution in [2.45, 2.75) is 4.90 Å². The Morgan fingerprint density at radius 1 is 0.882 bits per heavy atom. The number of aromatic nitrogens is 1. The quantitative estimate of drug-likeness (QED) is 0.262. The van der Waals surface area contributed by atoms with Crippen LogP contribution in [0.15, 0.2) is 65.8 Å². The van der Waals surface area contributed by atoms with Crippen LogP contribution in [0.2, 0.25) is 15.1 Å². The lowest BCUT2D eigenvalue weighted by atomic mass is 10.1. The monoisotopic (exact) mass is 540 g/mol. The highest BCUT2D eigenvalue weighted by Gasteiger charge is 2.11. The lowest BCUT2D eigenvalue weighted by Crippen LogP contribution is -2.36. The smallest absolute Gasteiger partial charge is 0.169 e. The fourth-order valence-electron chi connectivity index (χ4n) is 3.13. The van der Waals surface area contributed by atoms with Gasteiger partial charge in [0.15, 0.2) is 12.4 Å². The van der Waals surface area contributed by atoms with Gasteiger partial charge < -0.3 is 14.2 Å². The Kier molecular flexibility index (Phi) is 9.36. The van der Waals surface area contributed by atoms with Crippen molar-refractivity contribution in [1.29, 1.82) is 0 Å². The van der Waals surface area contributed by atoms with Gasteiger partial charge in [-0.05, 0) is 35.4 Å². The lowest BCUT2D eigenvalue weighted by molar-refractivity contribution is -0.671. The zero-order valence-electron chi connectivity index (χ0n) is 18.3. The van der Waals surface area contributed by atoms with Gasteiger partial charge in [-0.1, -0.05) is 59.1 Å². The summed E-state index contributed by atoms with van der Waals surface area (Å²) in [4.78, 5) is 1.80. The van der Waals surface area contributed by atoms with Crippen LogP contribution >= 0.6 is 34.8 Å². The van der Waals surface area contributed by atoms with Crippen LogP contribution in [0.4, 0.5) is 5.69 Å². The van der Waals surface area contributed by atoms with Crippen LogP contribution in [0, 0.1) is 0 Å². The number of anilines is 1. The molecule has 0 N–H and O–H groups in total. The summed E-state index contributed by atoms with van der Waals surface area (Å²) in [5.74, 6) is 0. The van der Waals surface area contributed by atoms with Gasteiger partial charge in [-0.3, -0.25) is 0 Å². The van der Waals surface area contributed by atoms with Gasteiger partial charge in [-0.15, -0.1) is 0 Å². The third kappa shape index (κ3) is 7.70. The molecule has 2 aromatic carbocycles. The molecule has 3 aromatic rings. The minimum Gasteiger partial charge on any atom is -0.744 e. The van der Waals surface area contributed by atoms with Crippen molar-refractivity contribution in [3.05, 3.63) is 87.1 Å². The van der Waals surface area contributed by atoms with E-state index in [-0.39, 0.29) is 15.1 Å². The predicted octanol–water partition coefficient (Wildman–Crippen LogP) is 5.07. The molecule has 0 aliphatic carbocycles. The van der Waals surface area contributed by atoms with Crippen LogP contribution in [-0.2, 0) is 21.9 Å². The van der Waals surface area contributed by atoms with Crippen molar-refractivity contribution in [3.63, 3.8) is 0 Å². The first-order valence-corrected chi connectivity index (χ1v) is 12.8. The summed E-state index contributed by atoms with van der Waals surface area (Å²) in [5, 5.41) is -0.163. The number of rotatable bonds is 4. The summed E-state index contributed by atoms with van der Waals surface area (Å²) in [6.45, 7) is 3.62. The molecule has 0 spiro atoms. The van der Waals surface area contributed by atoms with Crippen molar-refractivity contribution in [1.82, 2.24) is 0 Å². The Balaban J connectivity index is 0.000000215. The first kappa shape index (κ1) is 26.5.